The van der Waals surface area contributed by atoms with E-state index in [2.05, 4.69) is 10.1 Å². The molecule has 0 aromatic carbocycles. The number of hydrogen-bond acceptors (Lipinski definition) is 6. The Bertz CT molecular complexity index is 766. The molecule has 3 rings (SSSR count). The van der Waals surface area contributed by atoms with Gasteiger partial charge in [-0.3, -0.25) is 4.79 Å². The van der Waals surface area contributed by atoms with E-state index >= 15 is 0 Å². The number of hydrogen-bond donors (Lipinski definition) is 0. The standard InChI is InChI=1S/C13H16N4O4S/c1-22(19,20)12-5-4-11(21-12)13(18)16-6-2-3-10(7-16)17-9-14-8-15-17/h4-5,8-10H,2-3,6-7H2,1H3/t10-/m0/s1. The van der Waals surface area contributed by atoms with Crippen molar-refractivity contribution in [1.29, 1.82) is 0 Å². The lowest BCUT2D eigenvalue weighted by molar-refractivity contribution is 0.0635. The number of sulfone groups is 1. The molecule has 22 heavy (non-hydrogen) atoms. The van der Waals surface area contributed by atoms with Crippen LogP contribution >= 0.6 is 0 Å². The maximum Gasteiger partial charge on any atom is 0.289 e. The molecule has 0 saturated carbocycles. The van der Waals surface area contributed by atoms with Crippen molar-refractivity contribution in [1.82, 2.24) is 19.7 Å². The lowest BCUT2D eigenvalue weighted by Crippen LogP contribution is -2.40. The van der Waals surface area contributed by atoms with Gasteiger partial charge in [0.1, 0.15) is 12.7 Å². The Morgan fingerprint density at radius 1 is 1.41 bits per heavy atom. The Morgan fingerprint density at radius 3 is 2.86 bits per heavy atom. The molecule has 1 atom stereocenters. The third-order valence-corrected chi connectivity index (χ3v) is 4.60. The minimum atomic E-state index is -3.45. The molecule has 1 fully saturated rings. The van der Waals surface area contributed by atoms with Crippen molar-refractivity contribution in [3.63, 3.8) is 0 Å². The molecule has 0 unspecified atom stereocenters. The molecule has 0 spiro atoms. The fourth-order valence-electron chi connectivity index (χ4n) is 2.55. The van der Waals surface area contributed by atoms with E-state index in [0.29, 0.717) is 13.1 Å². The highest BCUT2D eigenvalue weighted by Gasteiger charge is 2.28. The maximum atomic E-state index is 12.4. The number of furan rings is 1. The molecule has 1 saturated heterocycles. The third-order valence-electron chi connectivity index (χ3n) is 3.65. The molecule has 0 N–H and O–H groups in total. The van der Waals surface area contributed by atoms with Crippen LogP contribution in [0.25, 0.3) is 0 Å². The number of nitrogens with zero attached hydrogens (tertiary/aromatic N) is 4. The Hall–Kier alpha value is -2.16. The zero-order chi connectivity index (χ0) is 15.7. The fourth-order valence-corrected chi connectivity index (χ4v) is 3.11. The van der Waals surface area contributed by atoms with Crippen LogP contribution in [0.5, 0.6) is 0 Å². The summed E-state index contributed by atoms with van der Waals surface area (Å²) in [4.78, 5) is 18.0. The Morgan fingerprint density at radius 2 is 2.23 bits per heavy atom. The van der Waals surface area contributed by atoms with Gasteiger partial charge in [-0.25, -0.2) is 18.1 Å². The van der Waals surface area contributed by atoms with Crippen molar-refractivity contribution in [2.24, 2.45) is 0 Å². The molecule has 2 aromatic rings. The quantitative estimate of drug-likeness (QED) is 0.826. The van der Waals surface area contributed by atoms with Gasteiger partial charge in [0, 0.05) is 19.3 Å². The third kappa shape index (κ3) is 2.89. The van der Waals surface area contributed by atoms with Crippen LogP contribution < -0.4 is 0 Å². The van der Waals surface area contributed by atoms with Crippen LogP contribution in [0.2, 0.25) is 0 Å². The topological polar surface area (TPSA) is 98.3 Å². The predicted octanol–water partition coefficient (Wildman–Crippen LogP) is 0.752. The van der Waals surface area contributed by atoms with Crippen LogP contribution in [-0.4, -0.2) is 53.3 Å². The minimum Gasteiger partial charge on any atom is -0.440 e. The summed E-state index contributed by atoms with van der Waals surface area (Å²) in [5.74, 6) is -0.264. The molecule has 1 aliphatic heterocycles. The van der Waals surface area contributed by atoms with Gasteiger partial charge in [0.25, 0.3) is 5.91 Å². The average molecular weight is 324 g/mol. The predicted molar refractivity (Wildman–Crippen MR) is 76.0 cm³/mol. The molecule has 0 radical (unpaired) electrons. The molecule has 3 heterocycles. The van der Waals surface area contributed by atoms with Crippen LogP contribution in [-0.2, 0) is 9.84 Å². The van der Waals surface area contributed by atoms with Crippen molar-refractivity contribution in [3.05, 3.63) is 30.5 Å². The average Bonchev–Trinajstić information content (AvgIpc) is 3.17. The second kappa shape index (κ2) is 5.56. The number of aromatic nitrogens is 3. The van der Waals surface area contributed by atoms with E-state index in [1.165, 1.54) is 18.5 Å². The SMILES string of the molecule is CS(=O)(=O)c1ccc(C(=O)N2CCC[C@H](n3cncn3)C2)o1. The summed E-state index contributed by atoms with van der Waals surface area (Å²) in [5, 5.41) is 3.91. The molecular formula is C13H16N4O4S. The van der Waals surface area contributed by atoms with Gasteiger partial charge >= 0.3 is 0 Å². The smallest absolute Gasteiger partial charge is 0.289 e. The van der Waals surface area contributed by atoms with E-state index in [1.54, 1.807) is 15.9 Å². The van der Waals surface area contributed by atoms with Crippen molar-refractivity contribution in [3.8, 4) is 0 Å². The first-order chi connectivity index (χ1) is 10.4. The summed E-state index contributed by atoms with van der Waals surface area (Å²) in [6.07, 6.45) is 5.90. The first-order valence-electron chi connectivity index (χ1n) is 6.88. The minimum absolute atomic E-state index is 0.0414. The van der Waals surface area contributed by atoms with Crippen LogP contribution in [0, 0.1) is 0 Å². The number of likely N-dealkylation sites (tertiary alicyclic amines) is 1. The van der Waals surface area contributed by atoms with Crippen LogP contribution in [0.4, 0.5) is 0 Å². The molecule has 1 amide bonds. The largest absolute Gasteiger partial charge is 0.440 e. The van der Waals surface area contributed by atoms with Crippen LogP contribution in [0.1, 0.15) is 29.4 Å². The number of amides is 1. The van der Waals surface area contributed by atoms with Crippen LogP contribution in [0.15, 0.2) is 34.3 Å². The van der Waals surface area contributed by atoms with E-state index in [-0.39, 0.29) is 22.8 Å². The van der Waals surface area contributed by atoms with Crippen molar-refractivity contribution in [2.45, 2.75) is 24.0 Å². The van der Waals surface area contributed by atoms with Gasteiger partial charge in [0.05, 0.1) is 6.04 Å². The van der Waals surface area contributed by atoms with E-state index < -0.39 is 9.84 Å². The molecule has 9 heteroatoms. The van der Waals surface area contributed by atoms with Gasteiger partial charge in [0.2, 0.25) is 14.9 Å². The molecule has 8 nitrogen and oxygen atoms in total. The van der Waals surface area contributed by atoms with Crippen molar-refractivity contribution < 1.29 is 17.6 Å². The number of carbonyl (C=O) groups is 1. The second-order valence-electron chi connectivity index (χ2n) is 5.31. The number of carbonyl (C=O) groups excluding carboxylic acids is 1. The van der Waals surface area contributed by atoms with Gasteiger partial charge < -0.3 is 9.32 Å². The van der Waals surface area contributed by atoms with E-state index in [4.69, 9.17) is 4.42 Å². The van der Waals surface area contributed by atoms with Gasteiger partial charge in [-0.15, -0.1) is 0 Å². The highest BCUT2D eigenvalue weighted by atomic mass is 32.2. The first kappa shape index (κ1) is 14.8. The Kier molecular flexibility index (Phi) is 3.73. The first-order valence-corrected chi connectivity index (χ1v) is 8.77. The molecule has 0 bridgehead atoms. The van der Waals surface area contributed by atoms with Crippen LogP contribution in [0.3, 0.4) is 0 Å². The summed E-state index contributed by atoms with van der Waals surface area (Å²) in [6, 6.07) is 2.78. The van der Waals surface area contributed by atoms with E-state index in [1.807, 2.05) is 0 Å². The van der Waals surface area contributed by atoms with Crippen molar-refractivity contribution in [2.75, 3.05) is 19.3 Å². The molecular weight excluding hydrogens is 308 g/mol. The molecule has 118 valence electrons. The summed E-state index contributed by atoms with van der Waals surface area (Å²) in [5.41, 5.74) is 0. The Balaban J connectivity index is 1.76. The zero-order valence-corrected chi connectivity index (χ0v) is 12.9. The number of rotatable bonds is 3. The van der Waals surface area contributed by atoms with Gasteiger partial charge in [-0.1, -0.05) is 0 Å². The van der Waals surface area contributed by atoms with Gasteiger partial charge in [-0.2, -0.15) is 5.10 Å². The summed E-state index contributed by atoms with van der Waals surface area (Å²) in [6.45, 7) is 1.11. The van der Waals surface area contributed by atoms with Gasteiger partial charge in [0.15, 0.2) is 5.76 Å². The monoisotopic (exact) mass is 324 g/mol. The van der Waals surface area contributed by atoms with Crippen molar-refractivity contribution >= 4 is 15.7 Å². The molecule has 2 aromatic heterocycles. The second-order valence-corrected chi connectivity index (χ2v) is 7.26. The molecule has 0 aliphatic carbocycles. The summed E-state index contributed by atoms with van der Waals surface area (Å²) < 4.78 is 29.7. The van der Waals surface area contributed by atoms with E-state index in [9.17, 15) is 13.2 Å². The highest BCUT2D eigenvalue weighted by Crippen LogP contribution is 2.23. The number of piperidine rings is 1. The summed E-state index contributed by atoms with van der Waals surface area (Å²) >= 11 is 0. The fraction of sp³-hybridized carbons (Fsp3) is 0.462. The summed E-state index contributed by atoms with van der Waals surface area (Å²) in [7, 11) is -3.45. The maximum absolute atomic E-state index is 12.4. The van der Waals surface area contributed by atoms with Gasteiger partial charge in [-0.05, 0) is 25.0 Å². The van der Waals surface area contributed by atoms with E-state index in [0.717, 1.165) is 19.1 Å². The lowest BCUT2D eigenvalue weighted by atomic mass is 10.1. The Labute approximate surface area is 127 Å². The highest BCUT2D eigenvalue weighted by molar-refractivity contribution is 7.90. The normalized spacial score (nSPS) is 19.3. The molecule has 1 aliphatic rings. The zero-order valence-electron chi connectivity index (χ0n) is 12.0. The lowest BCUT2D eigenvalue weighted by Gasteiger charge is -2.32.